The number of aromatic nitrogens is 3. The summed E-state index contributed by atoms with van der Waals surface area (Å²) in [5.41, 5.74) is 1.45. The van der Waals surface area contributed by atoms with E-state index < -0.39 is 0 Å². The lowest BCUT2D eigenvalue weighted by atomic mass is 10.1. The van der Waals surface area contributed by atoms with Gasteiger partial charge in [0.1, 0.15) is 5.82 Å². The average molecular weight is 350 g/mol. The first-order valence-corrected chi connectivity index (χ1v) is 8.40. The molecule has 0 aliphatic carbocycles. The summed E-state index contributed by atoms with van der Waals surface area (Å²) in [6, 6.07) is 11.2. The predicted molar refractivity (Wildman–Crippen MR) is 97.7 cm³/mol. The summed E-state index contributed by atoms with van der Waals surface area (Å²) in [5, 5.41) is 13.1. The number of para-hydroxylation sites is 1. The number of carbonyl (C=O) groups excluding carboxylic acids is 2. The third-order valence-electron chi connectivity index (χ3n) is 4.45. The van der Waals surface area contributed by atoms with Gasteiger partial charge in [-0.25, -0.2) is 9.78 Å². The first-order chi connectivity index (χ1) is 12.7. The highest BCUT2D eigenvalue weighted by atomic mass is 16.2. The molecule has 132 valence electrons. The minimum absolute atomic E-state index is 0.106. The van der Waals surface area contributed by atoms with E-state index in [-0.39, 0.29) is 17.9 Å². The molecule has 3 N–H and O–H groups in total. The Morgan fingerprint density at radius 2 is 2.04 bits per heavy atom. The van der Waals surface area contributed by atoms with E-state index >= 15 is 0 Å². The van der Waals surface area contributed by atoms with E-state index in [0.717, 1.165) is 10.9 Å². The van der Waals surface area contributed by atoms with Crippen LogP contribution in [0.2, 0.25) is 0 Å². The van der Waals surface area contributed by atoms with Crippen LogP contribution in [0.1, 0.15) is 6.42 Å². The Labute approximate surface area is 149 Å². The zero-order valence-corrected chi connectivity index (χ0v) is 14.0. The van der Waals surface area contributed by atoms with Crippen LogP contribution < -0.4 is 10.6 Å². The number of amides is 3. The molecule has 3 amide bonds. The molecule has 0 saturated carbocycles. The summed E-state index contributed by atoms with van der Waals surface area (Å²) >= 11 is 0. The molecule has 1 fully saturated rings. The second-order valence-corrected chi connectivity index (χ2v) is 6.23. The second-order valence-electron chi connectivity index (χ2n) is 6.23. The Kier molecular flexibility index (Phi) is 4.22. The topological polar surface area (TPSA) is 103 Å². The van der Waals surface area contributed by atoms with Gasteiger partial charge in [-0.1, -0.05) is 18.2 Å². The largest absolute Gasteiger partial charge is 0.324 e. The zero-order chi connectivity index (χ0) is 17.9. The van der Waals surface area contributed by atoms with E-state index in [1.165, 1.54) is 0 Å². The molecule has 2 aromatic heterocycles. The van der Waals surface area contributed by atoms with E-state index in [4.69, 9.17) is 0 Å². The van der Waals surface area contributed by atoms with Crippen LogP contribution in [0.15, 0.2) is 48.8 Å². The van der Waals surface area contributed by atoms with E-state index in [1.54, 1.807) is 23.4 Å². The summed E-state index contributed by atoms with van der Waals surface area (Å²) in [4.78, 5) is 30.8. The normalized spacial score (nSPS) is 16.6. The molecule has 0 spiro atoms. The molecule has 1 aliphatic rings. The monoisotopic (exact) mass is 350 g/mol. The summed E-state index contributed by atoms with van der Waals surface area (Å²) < 4.78 is 0. The lowest BCUT2D eigenvalue weighted by Gasteiger charge is -2.17. The lowest BCUT2D eigenvalue weighted by molar-refractivity contribution is -0.119. The van der Waals surface area contributed by atoms with Crippen LogP contribution in [0.5, 0.6) is 0 Å². The maximum atomic E-state index is 12.5. The van der Waals surface area contributed by atoms with Crippen LogP contribution in [0, 0.1) is 5.92 Å². The number of carbonyl (C=O) groups is 2. The third-order valence-corrected chi connectivity index (χ3v) is 4.45. The van der Waals surface area contributed by atoms with Crippen molar-refractivity contribution >= 4 is 34.3 Å². The smallest absolute Gasteiger partial charge is 0.323 e. The summed E-state index contributed by atoms with van der Waals surface area (Å²) in [5.74, 6) is 0.158. The molecule has 8 nitrogen and oxygen atoms in total. The van der Waals surface area contributed by atoms with Crippen LogP contribution >= 0.6 is 0 Å². The molecule has 1 saturated heterocycles. The number of hydrogen-bond acceptors (Lipinski definition) is 4. The SMILES string of the molecule is O=C(Nc1cn[nH]c1)C1CCN(C(=O)Nc2ccc3ccccc3n2)C1. The van der Waals surface area contributed by atoms with Crippen LogP contribution in [0.25, 0.3) is 10.9 Å². The number of fused-ring (bicyclic) bond motifs is 1. The number of urea groups is 1. The molecule has 4 rings (SSSR count). The first-order valence-electron chi connectivity index (χ1n) is 8.40. The van der Waals surface area contributed by atoms with E-state index in [1.807, 2.05) is 30.3 Å². The van der Waals surface area contributed by atoms with Gasteiger partial charge in [-0.3, -0.25) is 15.2 Å². The van der Waals surface area contributed by atoms with E-state index in [2.05, 4.69) is 25.8 Å². The Bertz CT molecular complexity index is 940. The van der Waals surface area contributed by atoms with Gasteiger partial charge < -0.3 is 10.2 Å². The van der Waals surface area contributed by atoms with Gasteiger partial charge in [-0.2, -0.15) is 5.10 Å². The Hall–Kier alpha value is -3.42. The molecular formula is C18H18N6O2. The first kappa shape index (κ1) is 16.1. The van der Waals surface area contributed by atoms with Gasteiger partial charge in [0.25, 0.3) is 0 Å². The second kappa shape index (κ2) is 6.83. The van der Waals surface area contributed by atoms with Crippen molar-refractivity contribution in [3.63, 3.8) is 0 Å². The molecule has 8 heteroatoms. The van der Waals surface area contributed by atoms with Gasteiger partial charge in [-0.05, 0) is 24.6 Å². The van der Waals surface area contributed by atoms with Gasteiger partial charge in [-0.15, -0.1) is 0 Å². The summed E-state index contributed by atoms with van der Waals surface area (Å²) in [6.07, 6.45) is 3.79. The number of anilines is 2. The van der Waals surface area contributed by atoms with Crippen molar-refractivity contribution < 1.29 is 9.59 Å². The summed E-state index contributed by atoms with van der Waals surface area (Å²) in [6.45, 7) is 0.909. The molecule has 1 aromatic carbocycles. The molecule has 26 heavy (non-hydrogen) atoms. The molecule has 3 heterocycles. The number of H-pyrrole nitrogens is 1. The minimum Gasteiger partial charge on any atom is -0.324 e. The molecule has 0 radical (unpaired) electrons. The third kappa shape index (κ3) is 3.34. The fourth-order valence-electron chi connectivity index (χ4n) is 3.05. The van der Waals surface area contributed by atoms with Gasteiger partial charge in [0, 0.05) is 24.7 Å². The van der Waals surface area contributed by atoms with Crippen LogP contribution in [0.4, 0.5) is 16.3 Å². The predicted octanol–water partition coefficient (Wildman–Crippen LogP) is 2.45. The molecule has 1 aliphatic heterocycles. The number of nitrogens with zero attached hydrogens (tertiary/aromatic N) is 3. The number of likely N-dealkylation sites (tertiary alicyclic amines) is 1. The van der Waals surface area contributed by atoms with Gasteiger partial charge in [0.05, 0.1) is 23.3 Å². The summed E-state index contributed by atoms with van der Waals surface area (Å²) in [7, 11) is 0. The fourth-order valence-corrected chi connectivity index (χ4v) is 3.05. The molecule has 1 unspecified atom stereocenters. The van der Waals surface area contributed by atoms with Crippen molar-refractivity contribution in [2.45, 2.75) is 6.42 Å². The number of rotatable bonds is 3. The number of pyridine rings is 1. The van der Waals surface area contributed by atoms with Gasteiger partial charge >= 0.3 is 6.03 Å². The maximum absolute atomic E-state index is 12.5. The van der Waals surface area contributed by atoms with Crippen LogP contribution in [0.3, 0.4) is 0 Å². The highest BCUT2D eigenvalue weighted by Crippen LogP contribution is 2.20. The molecule has 1 atom stereocenters. The number of benzene rings is 1. The number of hydrogen-bond donors (Lipinski definition) is 3. The van der Waals surface area contributed by atoms with Crippen molar-refractivity contribution in [1.29, 1.82) is 0 Å². The standard InChI is InChI=1S/C18H18N6O2/c25-17(21-14-9-19-20-10-14)13-7-8-24(11-13)18(26)23-16-6-5-12-3-1-2-4-15(12)22-16/h1-6,9-10,13H,7-8,11H2,(H,19,20)(H,21,25)(H,22,23,26). The van der Waals surface area contributed by atoms with Gasteiger partial charge in [0.15, 0.2) is 0 Å². The van der Waals surface area contributed by atoms with Crippen LogP contribution in [-0.4, -0.2) is 45.1 Å². The van der Waals surface area contributed by atoms with Gasteiger partial charge in [0.2, 0.25) is 5.91 Å². The van der Waals surface area contributed by atoms with Crippen molar-refractivity contribution in [3.05, 3.63) is 48.8 Å². The highest BCUT2D eigenvalue weighted by molar-refractivity contribution is 5.94. The number of nitrogens with one attached hydrogen (secondary N) is 3. The highest BCUT2D eigenvalue weighted by Gasteiger charge is 2.31. The van der Waals surface area contributed by atoms with Crippen LogP contribution in [-0.2, 0) is 4.79 Å². The quantitative estimate of drug-likeness (QED) is 0.675. The van der Waals surface area contributed by atoms with Crippen molar-refractivity contribution in [1.82, 2.24) is 20.1 Å². The molecular weight excluding hydrogens is 332 g/mol. The van der Waals surface area contributed by atoms with Crippen molar-refractivity contribution in [3.8, 4) is 0 Å². The van der Waals surface area contributed by atoms with E-state index in [9.17, 15) is 9.59 Å². The fraction of sp³-hybridized carbons (Fsp3) is 0.222. The molecule has 3 aromatic rings. The Morgan fingerprint density at radius 3 is 2.88 bits per heavy atom. The van der Waals surface area contributed by atoms with E-state index in [0.29, 0.717) is 31.0 Å². The van der Waals surface area contributed by atoms with Crippen molar-refractivity contribution in [2.24, 2.45) is 5.92 Å². The zero-order valence-electron chi connectivity index (χ0n) is 14.0. The maximum Gasteiger partial charge on any atom is 0.323 e. The number of aromatic amines is 1. The Balaban J connectivity index is 1.37. The average Bonchev–Trinajstić information content (AvgIpc) is 3.33. The lowest BCUT2D eigenvalue weighted by Crippen LogP contribution is -2.34. The minimum atomic E-state index is -0.244. The van der Waals surface area contributed by atoms with Crippen molar-refractivity contribution in [2.75, 3.05) is 23.7 Å². The Morgan fingerprint density at radius 1 is 1.15 bits per heavy atom. The molecule has 0 bridgehead atoms.